The quantitative estimate of drug-likeness (QED) is 0.840. The number of nitrogens with two attached hydrogens (primary N) is 1. The number of benzene rings is 2. The monoisotopic (exact) mass is 328 g/mol. The van der Waals surface area contributed by atoms with Crippen LogP contribution in [-0.4, -0.2) is 5.91 Å². The topological polar surface area (TPSA) is 55.1 Å². The maximum atomic E-state index is 12.9. The lowest BCUT2D eigenvalue weighted by atomic mass is 10.1. The average molecular weight is 329 g/mol. The van der Waals surface area contributed by atoms with E-state index in [-0.39, 0.29) is 17.1 Å². The van der Waals surface area contributed by atoms with Crippen LogP contribution in [0.5, 0.6) is 0 Å². The van der Waals surface area contributed by atoms with Crippen molar-refractivity contribution in [2.24, 2.45) is 0 Å². The van der Waals surface area contributed by atoms with Crippen molar-refractivity contribution < 1.29 is 18.0 Å². The predicted octanol–water partition coefficient (Wildman–Crippen LogP) is 3.87. The van der Waals surface area contributed by atoms with Gasteiger partial charge >= 0.3 is 6.18 Å². The van der Waals surface area contributed by atoms with Crippen molar-refractivity contribution in [1.29, 1.82) is 0 Å². The van der Waals surface area contributed by atoms with E-state index in [9.17, 15) is 18.0 Å². The van der Waals surface area contributed by atoms with Crippen molar-refractivity contribution >= 4 is 23.2 Å². The zero-order valence-electron chi connectivity index (χ0n) is 11.2. The summed E-state index contributed by atoms with van der Waals surface area (Å²) in [6.07, 6.45) is -4.68. The Bertz CT molecular complexity index is 687. The number of nitrogen functional groups attached to an aromatic ring is 1. The van der Waals surface area contributed by atoms with Gasteiger partial charge in [0.1, 0.15) is 0 Å². The number of hydrogen-bond donors (Lipinski definition) is 2. The third-order valence-electron chi connectivity index (χ3n) is 2.99. The highest BCUT2D eigenvalue weighted by Gasteiger charge is 2.34. The highest BCUT2D eigenvalue weighted by molar-refractivity contribution is 6.33. The Balaban J connectivity index is 2.21. The first-order valence-corrected chi connectivity index (χ1v) is 6.65. The summed E-state index contributed by atoms with van der Waals surface area (Å²) >= 11 is 5.68. The van der Waals surface area contributed by atoms with Gasteiger partial charge in [0.25, 0.3) is 5.91 Å². The summed E-state index contributed by atoms with van der Waals surface area (Å²) in [5, 5.41) is 2.23. The number of halogens is 4. The lowest BCUT2D eigenvalue weighted by Crippen LogP contribution is -2.23. The summed E-state index contributed by atoms with van der Waals surface area (Å²) < 4.78 is 38.6. The SMILES string of the molecule is Nc1c(Cl)cc(C(=O)NCc2ccccc2)cc1C(F)(F)F. The molecule has 3 nitrogen and oxygen atoms in total. The lowest BCUT2D eigenvalue weighted by Gasteiger charge is -2.13. The van der Waals surface area contributed by atoms with Gasteiger partial charge in [-0.1, -0.05) is 41.9 Å². The molecule has 0 fully saturated rings. The van der Waals surface area contributed by atoms with E-state index in [1.807, 2.05) is 6.07 Å². The Hall–Kier alpha value is -2.21. The van der Waals surface area contributed by atoms with Gasteiger partial charge in [-0.25, -0.2) is 0 Å². The van der Waals surface area contributed by atoms with Crippen molar-refractivity contribution in [2.45, 2.75) is 12.7 Å². The summed E-state index contributed by atoms with van der Waals surface area (Å²) in [5.74, 6) is -0.656. The van der Waals surface area contributed by atoms with E-state index in [4.69, 9.17) is 17.3 Å². The van der Waals surface area contributed by atoms with Gasteiger partial charge in [-0.2, -0.15) is 13.2 Å². The largest absolute Gasteiger partial charge is 0.418 e. The molecule has 0 heterocycles. The smallest absolute Gasteiger partial charge is 0.397 e. The molecule has 7 heteroatoms. The standard InChI is InChI=1S/C15H12ClF3N2O/c16-12-7-10(6-11(13(12)20)15(17,18)19)14(22)21-8-9-4-2-1-3-5-9/h1-7H,8,20H2,(H,21,22). The average Bonchev–Trinajstić information content (AvgIpc) is 2.47. The number of hydrogen-bond acceptors (Lipinski definition) is 2. The molecular weight excluding hydrogens is 317 g/mol. The summed E-state index contributed by atoms with van der Waals surface area (Å²) in [4.78, 5) is 12.0. The van der Waals surface area contributed by atoms with Gasteiger partial charge in [-0.05, 0) is 17.7 Å². The fourth-order valence-electron chi connectivity index (χ4n) is 1.86. The fourth-order valence-corrected chi connectivity index (χ4v) is 2.08. The van der Waals surface area contributed by atoms with Crippen LogP contribution in [0.1, 0.15) is 21.5 Å². The number of carbonyl (C=O) groups excluding carboxylic acids is 1. The van der Waals surface area contributed by atoms with Crippen LogP contribution in [0, 0.1) is 0 Å². The first kappa shape index (κ1) is 16.2. The predicted molar refractivity (Wildman–Crippen MR) is 78.5 cm³/mol. The Morgan fingerprint density at radius 1 is 1.18 bits per heavy atom. The molecule has 0 radical (unpaired) electrons. The molecule has 0 saturated carbocycles. The first-order chi connectivity index (χ1) is 10.3. The number of nitrogens with one attached hydrogen (secondary N) is 1. The molecule has 0 aliphatic heterocycles. The third-order valence-corrected chi connectivity index (χ3v) is 3.31. The Kier molecular flexibility index (Phi) is 4.61. The van der Waals surface area contributed by atoms with Gasteiger partial charge in [-0.3, -0.25) is 4.79 Å². The van der Waals surface area contributed by atoms with E-state index in [2.05, 4.69) is 5.32 Å². The van der Waals surface area contributed by atoms with Crippen LogP contribution in [0.25, 0.3) is 0 Å². The maximum Gasteiger partial charge on any atom is 0.418 e. The number of anilines is 1. The van der Waals surface area contributed by atoms with Gasteiger partial charge in [0.2, 0.25) is 0 Å². The Labute approximate surface area is 129 Å². The first-order valence-electron chi connectivity index (χ1n) is 6.27. The molecule has 22 heavy (non-hydrogen) atoms. The van der Waals surface area contributed by atoms with E-state index in [1.54, 1.807) is 24.3 Å². The van der Waals surface area contributed by atoms with Gasteiger partial charge in [-0.15, -0.1) is 0 Å². The summed E-state index contributed by atoms with van der Waals surface area (Å²) in [5.41, 5.74) is 4.24. The second kappa shape index (κ2) is 6.27. The van der Waals surface area contributed by atoms with Crippen LogP contribution in [-0.2, 0) is 12.7 Å². The van der Waals surface area contributed by atoms with Crippen molar-refractivity contribution in [3.05, 3.63) is 64.2 Å². The highest BCUT2D eigenvalue weighted by atomic mass is 35.5. The van der Waals surface area contributed by atoms with Crippen LogP contribution in [0.4, 0.5) is 18.9 Å². The van der Waals surface area contributed by atoms with E-state index in [0.29, 0.717) is 6.07 Å². The van der Waals surface area contributed by atoms with Crippen LogP contribution in [0.2, 0.25) is 5.02 Å². The maximum absolute atomic E-state index is 12.9. The molecule has 0 aliphatic carbocycles. The van der Waals surface area contributed by atoms with Gasteiger partial charge in [0.15, 0.2) is 0 Å². The molecule has 0 atom stereocenters. The molecule has 3 N–H and O–H groups in total. The van der Waals surface area contributed by atoms with E-state index in [0.717, 1.165) is 11.6 Å². The number of alkyl halides is 3. The van der Waals surface area contributed by atoms with Crippen molar-refractivity contribution in [3.63, 3.8) is 0 Å². The molecule has 2 aromatic rings. The summed E-state index contributed by atoms with van der Waals surface area (Å²) in [6, 6.07) is 10.8. The zero-order chi connectivity index (χ0) is 16.3. The summed E-state index contributed by atoms with van der Waals surface area (Å²) in [6.45, 7) is 0.197. The minimum absolute atomic E-state index is 0.192. The molecule has 0 aliphatic rings. The molecule has 1 amide bonds. The molecule has 116 valence electrons. The molecule has 0 aromatic heterocycles. The molecular formula is C15H12ClF3N2O. The van der Waals surface area contributed by atoms with Gasteiger partial charge in [0, 0.05) is 12.1 Å². The van der Waals surface area contributed by atoms with E-state index >= 15 is 0 Å². The molecule has 0 unspecified atom stereocenters. The van der Waals surface area contributed by atoms with Gasteiger partial charge in [0.05, 0.1) is 16.3 Å². The Morgan fingerprint density at radius 2 is 1.82 bits per heavy atom. The number of amides is 1. The van der Waals surface area contributed by atoms with E-state index < -0.39 is 23.3 Å². The highest BCUT2D eigenvalue weighted by Crippen LogP contribution is 2.37. The number of rotatable bonds is 3. The van der Waals surface area contributed by atoms with Crippen molar-refractivity contribution in [1.82, 2.24) is 5.32 Å². The molecule has 2 rings (SSSR count). The molecule has 0 bridgehead atoms. The zero-order valence-corrected chi connectivity index (χ0v) is 12.0. The van der Waals surface area contributed by atoms with Gasteiger partial charge < -0.3 is 11.1 Å². The van der Waals surface area contributed by atoms with Crippen molar-refractivity contribution in [2.75, 3.05) is 5.73 Å². The van der Waals surface area contributed by atoms with Crippen LogP contribution < -0.4 is 11.1 Å². The van der Waals surface area contributed by atoms with E-state index in [1.165, 1.54) is 0 Å². The molecule has 0 spiro atoms. The van der Waals surface area contributed by atoms with Crippen LogP contribution in [0.15, 0.2) is 42.5 Å². The number of carbonyl (C=O) groups is 1. The van der Waals surface area contributed by atoms with Crippen molar-refractivity contribution in [3.8, 4) is 0 Å². The normalized spacial score (nSPS) is 11.3. The molecule has 2 aromatic carbocycles. The van der Waals surface area contributed by atoms with Crippen LogP contribution in [0.3, 0.4) is 0 Å². The minimum Gasteiger partial charge on any atom is -0.397 e. The lowest BCUT2D eigenvalue weighted by molar-refractivity contribution is -0.136. The second-order valence-corrected chi connectivity index (χ2v) is 4.99. The third kappa shape index (κ3) is 3.71. The minimum atomic E-state index is -4.68. The summed E-state index contributed by atoms with van der Waals surface area (Å²) in [7, 11) is 0. The fraction of sp³-hybridized carbons (Fsp3) is 0.133. The second-order valence-electron chi connectivity index (χ2n) is 4.59. The molecule has 0 saturated heterocycles. The Morgan fingerprint density at radius 3 is 2.41 bits per heavy atom. The van der Waals surface area contributed by atoms with Crippen LogP contribution >= 0.6 is 11.6 Å².